The lowest BCUT2D eigenvalue weighted by molar-refractivity contribution is 0.0392. The summed E-state index contributed by atoms with van der Waals surface area (Å²) >= 11 is 0. The van der Waals surface area contributed by atoms with Crippen LogP contribution in [0.2, 0.25) is 0 Å². The predicted molar refractivity (Wildman–Crippen MR) is 124 cm³/mol. The highest BCUT2D eigenvalue weighted by Crippen LogP contribution is 2.39. The number of ether oxygens (including phenoxy) is 1. The third-order valence-electron chi connectivity index (χ3n) is 6.65. The Hall–Kier alpha value is -2.87. The van der Waals surface area contributed by atoms with E-state index in [0.29, 0.717) is 30.2 Å². The summed E-state index contributed by atoms with van der Waals surface area (Å²) in [5.41, 5.74) is 6.89. The minimum Gasteiger partial charge on any atom is -0.370 e. The van der Waals surface area contributed by atoms with Gasteiger partial charge in [-0.15, -0.1) is 0 Å². The minimum atomic E-state index is -0.0549. The van der Waals surface area contributed by atoms with Crippen LogP contribution < -0.4 is 4.90 Å². The highest BCUT2D eigenvalue weighted by molar-refractivity contribution is 5.86. The highest BCUT2D eigenvalue weighted by Gasteiger charge is 2.28. The van der Waals surface area contributed by atoms with E-state index < -0.39 is 0 Å². The Morgan fingerprint density at radius 1 is 1.09 bits per heavy atom. The second kappa shape index (κ2) is 7.92. The van der Waals surface area contributed by atoms with E-state index in [0.717, 1.165) is 54.0 Å². The molecule has 0 saturated carbocycles. The van der Waals surface area contributed by atoms with Crippen LogP contribution in [-0.4, -0.2) is 49.4 Å². The topological polar surface area (TPSA) is 81.9 Å². The summed E-state index contributed by atoms with van der Waals surface area (Å²) in [6, 6.07) is 0. The van der Waals surface area contributed by atoms with Crippen molar-refractivity contribution in [1.29, 1.82) is 0 Å². The molecule has 3 aromatic rings. The van der Waals surface area contributed by atoms with E-state index in [-0.39, 0.29) is 6.10 Å². The molecule has 1 unspecified atom stereocenters. The van der Waals surface area contributed by atoms with Gasteiger partial charge in [0.05, 0.1) is 36.4 Å². The molecule has 0 spiro atoms. The Morgan fingerprint density at radius 3 is 2.62 bits per heavy atom. The SMILES string of the molecule is Cc1nc2nc(N3CCOC(c4cnn(C)c4)C3)nc(C3=CCC(C)(C)CC3)c2nc1C. The first kappa shape index (κ1) is 21.0. The smallest absolute Gasteiger partial charge is 0.228 e. The number of rotatable bonds is 3. The third-order valence-corrected chi connectivity index (χ3v) is 6.65. The number of fused-ring (bicyclic) bond motifs is 1. The van der Waals surface area contributed by atoms with Crippen molar-refractivity contribution in [2.45, 2.75) is 53.1 Å². The van der Waals surface area contributed by atoms with Crippen LogP contribution in [0.15, 0.2) is 18.5 Å². The van der Waals surface area contributed by atoms with Crippen molar-refractivity contribution in [3.8, 4) is 0 Å². The first-order valence-electron chi connectivity index (χ1n) is 11.4. The number of morpholine rings is 1. The van der Waals surface area contributed by atoms with E-state index in [9.17, 15) is 0 Å². The Bertz CT molecular complexity index is 1200. The van der Waals surface area contributed by atoms with E-state index >= 15 is 0 Å². The lowest BCUT2D eigenvalue weighted by Gasteiger charge is -2.33. The van der Waals surface area contributed by atoms with Crippen molar-refractivity contribution in [3.63, 3.8) is 0 Å². The average molecular weight is 434 g/mol. The molecule has 0 radical (unpaired) electrons. The van der Waals surface area contributed by atoms with Gasteiger partial charge in [0.1, 0.15) is 11.6 Å². The summed E-state index contributed by atoms with van der Waals surface area (Å²) < 4.78 is 7.84. The zero-order chi connectivity index (χ0) is 22.5. The molecule has 0 bridgehead atoms. The molecule has 1 aliphatic heterocycles. The maximum atomic E-state index is 6.03. The van der Waals surface area contributed by atoms with Crippen LogP contribution in [-0.2, 0) is 11.8 Å². The van der Waals surface area contributed by atoms with Gasteiger partial charge in [-0.3, -0.25) is 4.68 Å². The van der Waals surface area contributed by atoms with Crippen LogP contribution in [0.3, 0.4) is 0 Å². The van der Waals surface area contributed by atoms with Crippen LogP contribution in [0.4, 0.5) is 5.95 Å². The van der Waals surface area contributed by atoms with Gasteiger partial charge in [0, 0.05) is 25.4 Å². The molecule has 0 N–H and O–H groups in total. The molecule has 32 heavy (non-hydrogen) atoms. The second-order valence-corrected chi connectivity index (χ2v) is 9.79. The van der Waals surface area contributed by atoms with Gasteiger partial charge in [0.15, 0.2) is 5.65 Å². The second-order valence-electron chi connectivity index (χ2n) is 9.79. The van der Waals surface area contributed by atoms with Crippen LogP contribution in [0.1, 0.15) is 61.9 Å². The van der Waals surface area contributed by atoms with Gasteiger partial charge in [-0.1, -0.05) is 19.9 Å². The molecule has 0 amide bonds. The zero-order valence-corrected chi connectivity index (χ0v) is 19.6. The maximum absolute atomic E-state index is 6.03. The number of hydrogen-bond acceptors (Lipinski definition) is 7. The Kier molecular flexibility index (Phi) is 5.20. The minimum absolute atomic E-state index is 0.0549. The fourth-order valence-electron chi connectivity index (χ4n) is 4.40. The molecule has 5 rings (SSSR count). The molecular formula is C24H31N7O. The Labute approximate surface area is 188 Å². The predicted octanol–water partition coefficient (Wildman–Crippen LogP) is 3.94. The summed E-state index contributed by atoms with van der Waals surface area (Å²) in [7, 11) is 1.92. The lowest BCUT2D eigenvalue weighted by atomic mass is 9.77. The Balaban J connectivity index is 1.56. The molecule has 2 aliphatic rings. The third kappa shape index (κ3) is 3.99. The van der Waals surface area contributed by atoms with Gasteiger partial charge in [-0.05, 0) is 44.1 Å². The van der Waals surface area contributed by atoms with Gasteiger partial charge in [0.25, 0.3) is 0 Å². The van der Waals surface area contributed by atoms with E-state index in [1.807, 2.05) is 33.3 Å². The van der Waals surface area contributed by atoms with Crippen LogP contribution in [0.5, 0.6) is 0 Å². The van der Waals surface area contributed by atoms with Crippen molar-refractivity contribution < 1.29 is 4.74 Å². The van der Waals surface area contributed by atoms with E-state index in [4.69, 9.17) is 24.7 Å². The zero-order valence-electron chi connectivity index (χ0n) is 19.6. The average Bonchev–Trinajstić information content (AvgIpc) is 3.21. The van der Waals surface area contributed by atoms with Crippen molar-refractivity contribution >= 4 is 22.7 Å². The molecule has 0 aromatic carbocycles. The van der Waals surface area contributed by atoms with Crippen molar-refractivity contribution in [3.05, 3.63) is 41.1 Å². The number of anilines is 1. The molecule has 1 saturated heterocycles. The van der Waals surface area contributed by atoms with Crippen molar-refractivity contribution in [2.75, 3.05) is 24.6 Å². The summed E-state index contributed by atoms with van der Waals surface area (Å²) in [5, 5.41) is 4.30. The van der Waals surface area contributed by atoms with E-state index in [1.54, 1.807) is 4.68 Å². The number of aryl methyl sites for hydroxylation is 3. The summed E-state index contributed by atoms with van der Waals surface area (Å²) in [5.74, 6) is 0.702. The van der Waals surface area contributed by atoms with Gasteiger partial charge < -0.3 is 9.64 Å². The molecule has 8 nitrogen and oxygen atoms in total. The standard InChI is InChI=1S/C24H31N7O/c1-15-16(2)27-22-21(26-15)20(17-6-8-24(3,4)9-7-17)28-23(29-22)31-10-11-32-19(14-31)18-12-25-30(5)13-18/h6,12-13,19H,7-11,14H2,1-5H3. The highest BCUT2D eigenvalue weighted by atomic mass is 16.5. The largest absolute Gasteiger partial charge is 0.370 e. The van der Waals surface area contributed by atoms with Gasteiger partial charge in [-0.25, -0.2) is 15.0 Å². The molecule has 3 aromatic heterocycles. The summed E-state index contributed by atoms with van der Waals surface area (Å²) in [4.78, 5) is 21.8. The van der Waals surface area contributed by atoms with Gasteiger partial charge in [0.2, 0.25) is 5.95 Å². The molecule has 4 heterocycles. The fourth-order valence-corrected chi connectivity index (χ4v) is 4.40. The first-order valence-corrected chi connectivity index (χ1v) is 11.4. The number of nitrogens with zero attached hydrogens (tertiary/aromatic N) is 7. The number of hydrogen-bond donors (Lipinski definition) is 0. The van der Waals surface area contributed by atoms with Crippen LogP contribution in [0.25, 0.3) is 16.7 Å². The van der Waals surface area contributed by atoms with Crippen molar-refractivity contribution in [1.82, 2.24) is 29.7 Å². The number of aromatic nitrogens is 6. The molecule has 1 atom stereocenters. The molecule has 1 aliphatic carbocycles. The number of allylic oxidation sites excluding steroid dienone is 2. The van der Waals surface area contributed by atoms with Gasteiger partial charge in [-0.2, -0.15) is 10.1 Å². The molecule has 1 fully saturated rings. The van der Waals surface area contributed by atoms with Crippen LogP contribution in [0, 0.1) is 19.3 Å². The van der Waals surface area contributed by atoms with Crippen molar-refractivity contribution in [2.24, 2.45) is 12.5 Å². The summed E-state index contributed by atoms with van der Waals surface area (Å²) in [6.45, 7) is 10.7. The Morgan fingerprint density at radius 2 is 1.91 bits per heavy atom. The maximum Gasteiger partial charge on any atom is 0.228 e. The normalized spacial score (nSPS) is 21.1. The van der Waals surface area contributed by atoms with Gasteiger partial charge >= 0.3 is 0 Å². The van der Waals surface area contributed by atoms with Crippen LogP contribution >= 0.6 is 0 Å². The molecule has 8 heteroatoms. The quantitative estimate of drug-likeness (QED) is 0.619. The fraction of sp³-hybridized carbons (Fsp3) is 0.542. The lowest BCUT2D eigenvalue weighted by Crippen LogP contribution is -2.39. The molecular weight excluding hydrogens is 402 g/mol. The van der Waals surface area contributed by atoms with E-state index in [1.165, 1.54) is 5.57 Å². The van der Waals surface area contributed by atoms with E-state index in [2.05, 4.69) is 29.9 Å². The molecule has 168 valence electrons. The first-order chi connectivity index (χ1) is 15.3. The summed E-state index contributed by atoms with van der Waals surface area (Å²) in [6.07, 6.45) is 9.33. The monoisotopic (exact) mass is 433 g/mol.